The van der Waals surface area contributed by atoms with Crippen molar-refractivity contribution >= 4 is 17.4 Å². The van der Waals surface area contributed by atoms with Crippen LogP contribution in [0.2, 0.25) is 0 Å². The van der Waals surface area contributed by atoms with Gasteiger partial charge in [0.1, 0.15) is 11.5 Å². The fraction of sp³-hybridized carbons (Fsp3) is 0.300. The first kappa shape index (κ1) is 9.34. The fourth-order valence-electron chi connectivity index (χ4n) is 1.51. The summed E-state index contributed by atoms with van der Waals surface area (Å²) in [6, 6.07) is 3.13. The molecule has 2 rings (SSSR count). The molecular formula is C10H9ClO3. The van der Waals surface area contributed by atoms with Gasteiger partial charge in [0.25, 0.3) is 0 Å². The first-order chi connectivity index (χ1) is 6.72. The standard InChI is InChI=1S/C10H9ClO3/c11-5-9(13)7-3-6-1-2-14-10(6)4-8(7)12/h3-4,12H,1-2,5H2. The van der Waals surface area contributed by atoms with Crippen LogP contribution in [0.25, 0.3) is 0 Å². The van der Waals surface area contributed by atoms with Crippen molar-refractivity contribution in [2.45, 2.75) is 6.42 Å². The molecule has 0 saturated carbocycles. The molecule has 0 unspecified atom stereocenters. The average Bonchev–Trinajstić information content (AvgIpc) is 2.62. The summed E-state index contributed by atoms with van der Waals surface area (Å²) in [5.74, 6) is 0.219. The van der Waals surface area contributed by atoms with E-state index in [1.165, 1.54) is 6.07 Å². The first-order valence-electron chi connectivity index (χ1n) is 4.30. The zero-order valence-electron chi connectivity index (χ0n) is 7.42. The summed E-state index contributed by atoms with van der Waals surface area (Å²) in [5, 5.41) is 9.52. The van der Waals surface area contributed by atoms with Gasteiger partial charge in [0, 0.05) is 12.5 Å². The Morgan fingerprint density at radius 3 is 3.07 bits per heavy atom. The smallest absolute Gasteiger partial charge is 0.181 e. The van der Waals surface area contributed by atoms with Crippen LogP contribution in [0.15, 0.2) is 12.1 Å². The van der Waals surface area contributed by atoms with E-state index >= 15 is 0 Å². The van der Waals surface area contributed by atoms with Crippen LogP contribution in [0.1, 0.15) is 15.9 Å². The highest BCUT2D eigenvalue weighted by Crippen LogP contribution is 2.32. The summed E-state index contributed by atoms with van der Waals surface area (Å²) in [7, 11) is 0. The predicted octanol–water partition coefficient (Wildman–Crippen LogP) is 1.75. The lowest BCUT2D eigenvalue weighted by Crippen LogP contribution is -2.01. The van der Waals surface area contributed by atoms with Crippen LogP contribution in [0.3, 0.4) is 0 Å². The average molecular weight is 213 g/mol. The highest BCUT2D eigenvalue weighted by molar-refractivity contribution is 6.30. The second kappa shape index (κ2) is 3.50. The minimum absolute atomic E-state index is 0.0590. The molecular weight excluding hydrogens is 204 g/mol. The number of phenolic OH excluding ortho intramolecular Hbond substituents is 1. The van der Waals surface area contributed by atoms with E-state index in [9.17, 15) is 9.90 Å². The highest BCUT2D eigenvalue weighted by Gasteiger charge is 2.18. The number of aromatic hydroxyl groups is 1. The van der Waals surface area contributed by atoms with Crippen molar-refractivity contribution in [2.75, 3.05) is 12.5 Å². The third-order valence-corrected chi connectivity index (χ3v) is 2.47. The van der Waals surface area contributed by atoms with Crippen LogP contribution in [0, 0.1) is 0 Å². The Hall–Kier alpha value is -1.22. The molecule has 0 spiro atoms. The van der Waals surface area contributed by atoms with Crippen LogP contribution in [0.5, 0.6) is 11.5 Å². The monoisotopic (exact) mass is 212 g/mol. The van der Waals surface area contributed by atoms with Gasteiger partial charge in [-0.05, 0) is 11.6 Å². The number of carbonyl (C=O) groups excluding carboxylic acids is 1. The number of phenols is 1. The summed E-state index contributed by atoms with van der Waals surface area (Å²) >= 11 is 5.42. The predicted molar refractivity (Wildman–Crippen MR) is 52.4 cm³/mol. The zero-order valence-corrected chi connectivity index (χ0v) is 8.17. The maximum absolute atomic E-state index is 11.3. The third kappa shape index (κ3) is 1.44. The van der Waals surface area contributed by atoms with E-state index in [0.29, 0.717) is 12.4 Å². The minimum atomic E-state index is -0.265. The molecule has 0 amide bonds. The van der Waals surface area contributed by atoms with Gasteiger partial charge in [0.05, 0.1) is 18.1 Å². The lowest BCUT2D eigenvalue weighted by atomic mass is 10.1. The SMILES string of the molecule is O=C(CCl)c1cc2c(cc1O)OCC2. The van der Waals surface area contributed by atoms with Gasteiger partial charge in [-0.1, -0.05) is 0 Å². The van der Waals surface area contributed by atoms with Gasteiger partial charge in [0.2, 0.25) is 0 Å². The second-order valence-electron chi connectivity index (χ2n) is 3.13. The molecule has 0 atom stereocenters. The Balaban J connectivity index is 2.47. The van der Waals surface area contributed by atoms with Crippen LogP contribution in [0.4, 0.5) is 0 Å². The Kier molecular flexibility index (Phi) is 2.33. The van der Waals surface area contributed by atoms with E-state index in [0.717, 1.165) is 12.0 Å². The molecule has 0 fully saturated rings. The number of fused-ring (bicyclic) bond motifs is 1. The molecule has 0 aromatic heterocycles. The zero-order chi connectivity index (χ0) is 10.1. The molecule has 14 heavy (non-hydrogen) atoms. The van der Waals surface area contributed by atoms with Crippen molar-refractivity contribution in [1.29, 1.82) is 0 Å². The number of ketones is 1. The lowest BCUT2D eigenvalue weighted by molar-refractivity contribution is 0.101. The van der Waals surface area contributed by atoms with Gasteiger partial charge >= 0.3 is 0 Å². The van der Waals surface area contributed by atoms with Crippen molar-refractivity contribution < 1.29 is 14.6 Å². The van der Waals surface area contributed by atoms with E-state index in [2.05, 4.69) is 0 Å². The van der Waals surface area contributed by atoms with Crippen molar-refractivity contribution in [2.24, 2.45) is 0 Å². The Labute approximate surface area is 86.3 Å². The number of ether oxygens (including phenoxy) is 1. The van der Waals surface area contributed by atoms with Gasteiger partial charge < -0.3 is 9.84 Å². The van der Waals surface area contributed by atoms with Gasteiger partial charge in [-0.3, -0.25) is 4.79 Å². The number of halogens is 1. The maximum Gasteiger partial charge on any atom is 0.181 e. The molecule has 1 aromatic carbocycles. The van der Waals surface area contributed by atoms with Crippen molar-refractivity contribution in [1.82, 2.24) is 0 Å². The quantitative estimate of drug-likeness (QED) is 0.600. The van der Waals surface area contributed by atoms with Gasteiger partial charge in [0.15, 0.2) is 5.78 Å². The van der Waals surface area contributed by atoms with E-state index in [-0.39, 0.29) is 23.0 Å². The summed E-state index contributed by atoms with van der Waals surface area (Å²) in [6.45, 7) is 0.604. The van der Waals surface area contributed by atoms with Crippen LogP contribution in [-0.4, -0.2) is 23.4 Å². The van der Waals surface area contributed by atoms with E-state index in [1.54, 1.807) is 6.07 Å². The van der Waals surface area contributed by atoms with Gasteiger partial charge in [-0.25, -0.2) is 0 Å². The number of alkyl halides is 1. The highest BCUT2D eigenvalue weighted by atomic mass is 35.5. The van der Waals surface area contributed by atoms with E-state index < -0.39 is 0 Å². The molecule has 0 aliphatic carbocycles. The molecule has 1 heterocycles. The first-order valence-corrected chi connectivity index (χ1v) is 4.83. The van der Waals surface area contributed by atoms with E-state index in [1.807, 2.05) is 0 Å². The largest absolute Gasteiger partial charge is 0.507 e. The normalized spacial score (nSPS) is 13.5. The van der Waals surface area contributed by atoms with Crippen LogP contribution >= 0.6 is 11.6 Å². The molecule has 1 N–H and O–H groups in total. The second-order valence-corrected chi connectivity index (χ2v) is 3.40. The van der Waals surface area contributed by atoms with Crippen molar-refractivity contribution in [3.8, 4) is 11.5 Å². The summed E-state index contributed by atoms with van der Waals surface area (Å²) in [5.41, 5.74) is 1.24. The summed E-state index contributed by atoms with van der Waals surface area (Å²) in [4.78, 5) is 11.3. The van der Waals surface area contributed by atoms with Crippen LogP contribution in [-0.2, 0) is 6.42 Å². The Bertz CT molecular complexity index is 387. The molecule has 74 valence electrons. The number of hydrogen-bond donors (Lipinski definition) is 1. The Morgan fingerprint density at radius 1 is 1.57 bits per heavy atom. The van der Waals surface area contributed by atoms with Crippen molar-refractivity contribution in [3.05, 3.63) is 23.3 Å². The number of hydrogen-bond acceptors (Lipinski definition) is 3. The topological polar surface area (TPSA) is 46.5 Å². The molecule has 4 heteroatoms. The number of benzene rings is 1. The van der Waals surface area contributed by atoms with E-state index in [4.69, 9.17) is 16.3 Å². The maximum atomic E-state index is 11.3. The molecule has 0 radical (unpaired) electrons. The minimum Gasteiger partial charge on any atom is -0.507 e. The fourth-order valence-corrected chi connectivity index (χ4v) is 1.65. The van der Waals surface area contributed by atoms with Crippen molar-refractivity contribution in [3.63, 3.8) is 0 Å². The van der Waals surface area contributed by atoms with Crippen LogP contribution < -0.4 is 4.74 Å². The summed E-state index contributed by atoms with van der Waals surface area (Å²) < 4.78 is 5.24. The number of Topliss-reactive ketones (excluding diaryl/α,β-unsaturated/α-hetero) is 1. The summed E-state index contributed by atoms with van der Waals surface area (Å²) in [6.07, 6.45) is 0.776. The number of carbonyl (C=O) groups is 1. The number of rotatable bonds is 2. The third-order valence-electron chi connectivity index (χ3n) is 2.23. The molecule has 1 aliphatic rings. The lowest BCUT2D eigenvalue weighted by Gasteiger charge is -2.04. The van der Waals surface area contributed by atoms with Gasteiger partial charge in [-0.15, -0.1) is 11.6 Å². The molecule has 0 bridgehead atoms. The molecule has 0 saturated heterocycles. The molecule has 1 aromatic rings. The molecule has 3 nitrogen and oxygen atoms in total. The Morgan fingerprint density at radius 2 is 2.36 bits per heavy atom. The molecule has 1 aliphatic heterocycles. The van der Waals surface area contributed by atoms with Gasteiger partial charge in [-0.2, -0.15) is 0 Å².